The smallest absolute Gasteiger partial charge is 0.0520 e. The van der Waals surface area contributed by atoms with Crippen molar-refractivity contribution in [1.82, 2.24) is 9.55 Å². The number of aromatic nitrogens is 2. The molecule has 2 nitrogen and oxygen atoms in total. The average molecular weight is 211 g/mol. The Morgan fingerprint density at radius 1 is 1.55 bits per heavy atom. The molecule has 2 heterocycles. The van der Waals surface area contributed by atoms with Gasteiger partial charge in [-0.05, 0) is 22.0 Å². The predicted molar refractivity (Wildman–Crippen MR) is 48.4 cm³/mol. The third-order valence-corrected chi connectivity index (χ3v) is 2.37. The molecule has 0 aliphatic rings. The molecule has 2 aromatic heterocycles. The van der Waals surface area contributed by atoms with Gasteiger partial charge >= 0.3 is 0 Å². The molecular formula is C8H7BrN2. The van der Waals surface area contributed by atoms with Crippen LogP contribution in [-0.4, -0.2) is 9.55 Å². The number of rotatable bonds is 0. The molecule has 0 fully saturated rings. The third-order valence-electron chi connectivity index (χ3n) is 1.74. The first-order valence-corrected chi connectivity index (χ1v) is 4.13. The largest absolute Gasteiger partial charge is 0.349 e. The van der Waals surface area contributed by atoms with Crippen LogP contribution in [-0.2, 0) is 7.05 Å². The molecule has 0 aromatic carbocycles. The number of pyridine rings is 1. The number of hydrogen-bond acceptors (Lipinski definition) is 1. The molecule has 11 heavy (non-hydrogen) atoms. The molecule has 3 heteroatoms. The molecule has 0 amide bonds. The van der Waals surface area contributed by atoms with Crippen molar-refractivity contribution in [1.29, 1.82) is 0 Å². The van der Waals surface area contributed by atoms with Gasteiger partial charge in [-0.3, -0.25) is 4.98 Å². The third kappa shape index (κ3) is 0.959. The van der Waals surface area contributed by atoms with E-state index in [1.165, 1.54) is 5.52 Å². The summed E-state index contributed by atoms with van der Waals surface area (Å²) < 4.78 is 3.17. The van der Waals surface area contributed by atoms with E-state index in [0.717, 1.165) is 9.86 Å². The monoisotopic (exact) mass is 210 g/mol. The Kier molecular flexibility index (Phi) is 1.46. The van der Waals surface area contributed by atoms with Crippen molar-refractivity contribution in [2.24, 2.45) is 7.05 Å². The number of halogens is 1. The molecule has 0 aliphatic carbocycles. The van der Waals surface area contributed by atoms with E-state index in [0.29, 0.717) is 0 Å². The summed E-state index contributed by atoms with van der Waals surface area (Å²) in [4.78, 5) is 4.04. The van der Waals surface area contributed by atoms with Gasteiger partial charge in [0.15, 0.2) is 0 Å². The van der Waals surface area contributed by atoms with Crippen molar-refractivity contribution in [2.45, 2.75) is 0 Å². The van der Waals surface area contributed by atoms with Gasteiger partial charge < -0.3 is 4.57 Å². The molecule has 0 spiro atoms. The van der Waals surface area contributed by atoms with E-state index in [4.69, 9.17) is 0 Å². The second-order valence-electron chi connectivity index (χ2n) is 2.48. The number of fused-ring (bicyclic) bond motifs is 1. The first-order chi connectivity index (χ1) is 5.29. The van der Waals surface area contributed by atoms with Gasteiger partial charge in [-0.25, -0.2) is 0 Å². The Bertz CT molecular complexity index is 356. The topological polar surface area (TPSA) is 17.8 Å². The summed E-state index contributed by atoms with van der Waals surface area (Å²) in [5, 5.41) is 1.16. The molecule has 0 bridgehead atoms. The van der Waals surface area contributed by atoms with Gasteiger partial charge in [-0.15, -0.1) is 0 Å². The first kappa shape index (κ1) is 6.85. The van der Waals surface area contributed by atoms with Crippen LogP contribution in [0, 0.1) is 0 Å². The van der Waals surface area contributed by atoms with Crippen LogP contribution in [0.4, 0.5) is 0 Å². The SMILES string of the molecule is Cn1cc(Br)c2cnccc21. The maximum Gasteiger partial charge on any atom is 0.0520 e. The molecule has 2 rings (SSSR count). The molecule has 2 aromatic rings. The van der Waals surface area contributed by atoms with Crippen LogP contribution in [0.15, 0.2) is 29.1 Å². The van der Waals surface area contributed by atoms with E-state index < -0.39 is 0 Å². The number of hydrogen-bond donors (Lipinski definition) is 0. The van der Waals surface area contributed by atoms with Crippen LogP contribution in [0.3, 0.4) is 0 Å². The minimum absolute atomic E-state index is 1.10. The average Bonchev–Trinajstić information content (AvgIpc) is 2.30. The second kappa shape index (κ2) is 2.34. The van der Waals surface area contributed by atoms with E-state index in [1.54, 1.807) is 6.20 Å². The second-order valence-corrected chi connectivity index (χ2v) is 3.34. The minimum Gasteiger partial charge on any atom is -0.349 e. The summed E-state index contributed by atoms with van der Waals surface area (Å²) in [6.45, 7) is 0. The van der Waals surface area contributed by atoms with E-state index in [1.807, 2.05) is 25.5 Å². The first-order valence-electron chi connectivity index (χ1n) is 3.33. The highest BCUT2D eigenvalue weighted by atomic mass is 79.9. The lowest BCUT2D eigenvalue weighted by molar-refractivity contribution is 0.965. The zero-order valence-corrected chi connectivity index (χ0v) is 7.67. The van der Waals surface area contributed by atoms with Gasteiger partial charge in [0.25, 0.3) is 0 Å². The summed E-state index contributed by atoms with van der Waals surface area (Å²) >= 11 is 3.46. The maximum absolute atomic E-state index is 4.04. The summed E-state index contributed by atoms with van der Waals surface area (Å²) in [6, 6.07) is 2.00. The maximum atomic E-state index is 4.04. The molecule has 0 unspecified atom stereocenters. The molecule has 0 aliphatic heterocycles. The van der Waals surface area contributed by atoms with Gasteiger partial charge in [0.1, 0.15) is 0 Å². The van der Waals surface area contributed by atoms with Crippen LogP contribution in [0.1, 0.15) is 0 Å². The van der Waals surface area contributed by atoms with Crippen molar-refractivity contribution < 1.29 is 0 Å². The number of nitrogens with zero attached hydrogens (tertiary/aromatic N) is 2. The van der Waals surface area contributed by atoms with Crippen LogP contribution in [0.25, 0.3) is 10.9 Å². The van der Waals surface area contributed by atoms with Gasteiger partial charge in [-0.2, -0.15) is 0 Å². The standard InChI is InChI=1S/C8H7BrN2/c1-11-5-7(9)6-4-10-3-2-8(6)11/h2-5H,1H3. The zero-order valence-electron chi connectivity index (χ0n) is 6.08. The molecule has 0 radical (unpaired) electrons. The summed E-state index contributed by atoms with van der Waals surface area (Å²) in [7, 11) is 2.02. The van der Waals surface area contributed by atoms with Gasteiger partial charge in [0.05, 0.1) is 5.52 Å². The molecule has 0 atom stereocenters. The van der Waals surface area contributed by atoms with Crippen LogP contribution in [0.5, 0.6) is 0 Å². The Balaban J connectivity index is 2.95. The highest BCUT2D eigenvalue weighted by Gasteiger charge is 2.01. The summed E-state index contributed by atoms with van der Waals surface area (Å²) in [5.41, 5.74) is 1.20. The fourth-order valence-corrected chi connectivity index (χ4v) is 1.80. The highest BCUT2D eigenvalue weighted by molar-refractivity contribution is 9.10. The van der Waals surface area contributed by atoms with E-state index in [-0.39, 0.29) is 0 Å². The molecule has 0 saturated carbocycles. The lowest BCUT2D eigenvalue weighted by atomic mass is 10.3. The van der Waals surface area contributed by atoms with Crippen molar-refractivity contribution in [2.75, 3.05) is 0 Å². The summed E-state index contributed by atoms with van der Waals surface area (Å²) in [6.07, 6.45) is 5.69. The molecule has 0 saturated heterocycles. The fourth-order valence-electron chi connectivity index (χ4n) is 1.19. The van der Waals surface area contributed by atoms with Crippen molar-refractivity contribution in [3.05, 3.63) is 29.1 Å². The zero-order chi connectivity index (χ0) is 7.84. The Morgan fingerprint density at radius 3 is 3.09 bits per heavy atom. The Hall–Kier alpha value is -0.830. The fraction of sp³-hybridized carbons (Fsp3) is 0.125. The predicted octanol–water partition coefficient (Wildman–Crippen LogP) is 2.34. The van der Waals surface area contributed by atoms with Crippen LogP contribution >= 0.6 is 15.9 Å². The van der Waals surface area contributed by atoms with E-state index >= 15 is 0 Å². The lowest BCUT2D eigenvalue weighted by Gasteiger charge is -1.91. The van der Waals surface area contributed by atoms with Gasteiger partial charge in [0.2, 0.25) is 0 Å². The van der Waals surface area contributed by atoms with E-state index in [2.05, 4.69) is 25.5 Å². The Morgan fingerprint density at radius 2 is 2.36 bits per heavy atom. The Labute approximate surface area is 73.0 Å². The molecule has 56 valence electrons. The van der Waals surface area contributed by atoms with Crippen LogP contribution < -0.4 is 0 Å². The molecule has 0 N–H and O–H groups in total. The lowest BCUT2D eigenvalue weighted by Crippen LogP contribution is -1.82. The van der Waals surface area contributed by atoms with Gasteiger partial charge in [-0.1, -0.05) is 0 Å². The van der Waals surface area contributed by atoms with Crippen molar-refractivity contribution >= 4 is 26.8 Å². The van der Waals surface area contributed by atoms with E-state index in [9.17, 15) is 0 Å². The highest BCUT2D eigenvalue weighted by Crippen LogP contribution is 2.23. The van der Waals surface area contributed by atoms with Gasteiger partial charge in [0, 0.05) is 35.5 Å². The van der Waals surface area contributed by atoms with Crippen LogP contribution in [0.2, 0.25) is 0 Å². The molecular weight excluding hydrogens is 204 g/mol. The minimum atomic E-state index is 1.10. The normalized spacial score (nSPS) is 10.7. The van der Waals surface area contributed by atoms with Crippen molar-refractivity contribution in [3.8, 4) is 0 Å². The quantitative estimate of drug-likeness (QED) is 0.653. The number of aryl methyl sites for hydroxylation is 1. The van der Waals surface area contributed by atoms with Crippen molar-refractivity contribution in [3.63, 3.8) is 0 Å². The summed E-state index contributed by atoms with van der Waals surface area (Å²) in [5.74, 6) is 0.